The Morgan fingerprint density at radius 2 is 0.871 bits per heavy atom. The molecule has 22 heteroatoms. The minimum atomic E-state index is -1.89. The number of aliphatic carboxylic acids is 3. The molecule has 62 heavy (non-hydrogen) atoms. The molecule has 2 aromatic carbocycles. The third-order valence-electron chi connectivity index (χ3n) is 8.97. The number of aliphatic hydroxyl groups excluding tert-OH is 1. The van der Waals surface area contributed by atoms with Crippen molar-refractivity contribution in [1.82, 2.24) is 37.2 Å². The molecule has 0 heterocycles. The summed E-state index contributed by atoms with van der Waals surface area (Å²) in [6.07, 6.45) is -5.59. The lowest BCUT2D eigenvalue weighted by Crippen LogP contribution is -2.61. The van der Waals surface area contributed by atoms with Gasteiger partial charge in [0.05, 0.1) is 18.9 Å². The van der Waals surface area contributed by atoms with Crippen LogP contribution in [-0.2, 0) is 56.0 Å². The Bertz CT molecular complexity index is 1910. The zero-order chi connectivity index (χ0) is 46.7. The second kappa shape index (κ2) is 24.9. The quantitative estimate of drug-likeness (QED) is 0.0540. The molecule has 2 aromatic rings. The summed E-state index contributed by atoms with van der Waals surface area (Å²) < 4.78 is 0. The Labute approximate surface area is 355 Å². The molecule has 0 aliphatic rings. The van der Waals surface area contributed by atoms with E-state index in [-0.39, 0.29) is 25.2 Å². The maximum atomic E-state index is 13.6. The number of nitrogens with one attached hydrogen (secondary N) is 7. The number of carbonyl (C=O) groups is 10. The van der Waals surface area contributed by atoms with E-state index in [0.29, 0.717) is 11.1 Å². The second-order valence-corrected chi connectivity index (χ2v) is 14.7. The summed E-state index contributed by atoms with van der Waals surface area (Å²) in [5, 5.41) is 63.9. The molecular formula is C40H53N7O15. The standard InChI is InChI=1S/C40H53N7O15/c1-20(2)15-25(44-38(58)32(22(4)48)47-37(57)26(46-40(61)62)16-23-11-7-5-8-12-23)35(55)43-27(18-30(49)50)34(54)41-21(3)33(53)42-28(19-31(51)52)36(56)45-29(39(59)60)17-24-13-9-6-10-14-24/h5-14,20-22,25-29,32,46,48H,15-19H2,1-4H3,(H,41,54)(H,42,53)(H,43,55)(H,44,58)(H,45,56)(H,47,57)(H,49,50)(H,51,52)(H,59,60)(H,61,62)/t21-,22+,25-,26-,27-,28-,29-,32-/m0/s1. The highest BCUT2D eigenvalue weighted by molar-refractivity contribution is 5.98. The van der Waals surface area contributed by atoms with Gasteiger partial charge >= 0.3 is 24.0 Å². The van der Waals surface area contributed by atoms with Crippen LogP contribution in [0.25, 0.3) is 0 Å². The van der Waals surface area contributed by atoms with Crippen molar-refractivity contribution in [1.29, 1.82) is 0 Å². The lowest BCUT2D eigenvalue weighted by molar-refractivity contribution is -0.143. The van der Waals surface area contributed by atoms with Gasteiger partial charge in [-0.1, -0.05) is 74.5 Å². The van der Waals surface area contributed by atoms with Gasteiger partial charge in [0.2, 0.25) is 35.4 Å². The van der Waals surface area contributed by atoms with Gasteiger partial charge in [0.15, 0.2) is 0 Å². The van der Waals surface area contributed by atoms with E-state index in [1.807, 2.05) is 0 Å². The first-order valence-electron chi connectivity index (χ1n) is 19.3. The van der Waals surface area contributed by atoms with E-state index in [2.05, 4.69) is 37.2 Å². The van der Waals surface area contributed by atoms with Gasteiger partial charge < -0.3 is 62.8 Å². The van der Waals surface area contributed by atoms with Gasteiger partial charge in [-0.15, -0.1) is 0 Å². The summed E-state index contributed by atoms with van der Waals surface area (Å²) in [5.74, 6) is -11.6. The van der Waals surface area contributed by atoms with Crippen LogP contribution in [0.2, 0.25) is 0 Å². The molecule has 0 aliphatic heterocycles. The van der Waals surface area contributed by atoms with Crippen LogP contribution in [0, 0.1) is 5.92 Å². The molecule has 0 unspecified atom stereocenters. The van der Waals surface area contributed by atoms with E-state index in [0.717, 1.165) is 13.8 Å². The van der Waals surface area contributed by atoms with Crippen LogP contribution < -0.4 is 37.2 Å². The number of hydrogen-bond donors (Lipinski definition) is 12. The van der Waals surface area contributed by atoms with Gasteiger partial charge in [-0.3, -0.25) is 38.4 Å². The van der Waals surface area contributed by atoms with E-state index >= 15 is 0 Å². The van der Waals surface area contributed by atoms with Crippen LogP contribution in [0.4, 0.5) is 4.79 Å². The number of carboxylic acid groups (broad SMARTS) is 4. The molecule has 0 saturated heterocycles. The number of carboxylic acids is 3. The van der Waals surface area contributed by atoms with Gasteiger partial charge in [-0.2, -0.15) is 0 Å². The Morgan fingerprint density at radius 3 is 1.31 bits per heavy atom. The van der Waals surface area contributed by atoms with E-state index in [1.165, 1.54) is 0 Å². The van der Waals surface area contributed by atoms with Gasteiger partial charge in [-0.25, -0.2) is 9.59 Å². The normalized spacial score (nSPS) is 14.7. The first-order valence-corrected chi connectivity index (χ1v) is 19.3. The van der Waals surface area contributed by atoms with Crippen LogP contribution in [0.15, 0.2) is 60.7 Å². The first-order chi connectivity index (χ1) is 29.1. The predicted molar refractivity (Wildman–Crippen MR) is 216 cm³/mol. The van der Waals surface area contributed by atoms with E-state index in [4.69, 9.17) is 0 Å². The third kappa shape index (κ3) is 18.0. The fraction of sp³-hybridized carbons (Fsp3) is 0.450. The Morgan fingerprint density at radius 1 is 0.468 bits per heavy atom. The Kier molecular flexibility index (Phi) is 20.5. The van der Waals surface area contributed by atoms with Crippen LogP contribution in [0.3, 0.4) is 0 Å². The van der Waals surface area contributed by atoms with Gasteiger partial charge in [-0.05, 0) is 37.3 Å². The molecular weight excluding hydrogens is 818 g/mol. The Balaban J connectivity index is 2.21. The molecule has 8 atom stereocenters. The maximum absolute atomic E-state index is 13.6. The number of carbonyl (C=O) groups excluding carboxylic acids is 6. The third-order valence-corrected chi connectivity index (χ3v) is 8.97. The van der Waals surface area contributed by atoms with Crippen molar-refractivity contribution in [2.24, 2.45) is 5.92 Å². The fourth-order valence-electron chi connectivity index (χ4n) is 5.87. The highest BCUT2D eigenvalue weighted by Crippen LogP contribution is 2.10. The number of hydrogen-bond acceptors (Lipinski definition) is 11. The molecule has 0 bridgehead atoms. The molecule has 0 aliphatic carbocycles. The topological polar surface area (TPSA) is 356 Å². The molecule has 2 rings (SSSR count). The van der Waals surface area contributed by atoms with Gasteiger partial charge in [0.1, 0.15) is 42.3 Å². The molecule has 0 spiro atoms. The van der Waals surface area contributed by atoms with Crippen molar-refractivity contribution in [2.45, 2.75) is 108 Å². The lowest BCUT2D eigenvalue weighted by Gasteiger charge is -2.28. The summed E-state index contributed by atoms with van der Waals surface area (Å²) in [4.78, 5) is 127. The summed E-state index contributed by atoms with van der Waals surface area (Å²) in [6.45, 7) is 5.58. The summed E-state index contributed by atoms with van der Waals surface area (Å²) in [5.41, 5.74) is 1.10. The average Bonchev–Trinajstić information content (AvgIpc) is 3.18. The van der Waals surface area contributed by atoms with Crippen LogP contribution in [-0.4, -0.2) is 133 Å². The number of aliphatic hydroxyl groups is 1. The fourth-order valence-corrected chi connectivity index (χ4v) is 5.87. The molecule has 0 saturated carbocycles. The van der Waals surface area contributed by atoms with E-state index < -0.39 is 121 Å². The molecule has 0 aromatic heterocycles. The summed E-state index contributed by atoms with van der Waals surface area (Å²) >= 11 is 0. The van der Waals surface area contributed by atoms with E-state index in [9.17, 15) is 73.5 Å². The minimum absolute atomic E-state index is 0.114. The molecule has 0 fully saturated rings. The largest absolute Gasteiger partial charge is 0.481 e. The zero-order valence-electron chi connectivity index (χ0n) is 34.3. The molecule has 7 amide bonds. The first kappa shape index (κ1) is 51.0. The smallest absolute Gasteiger partial charge is 0.405 e. The molecule has 338 valence electrons. The summed E-state index contributed by atoms with van der Waals surface area (Å²) in [7, 11) is 0. The molecule has 0 radical (unpaired) electrons. The van der Waals surface area contributed by atoms with Crippen molar-refractivity contribution in [3.8, 4) is 0 Å². The second-order valence-electron chi connectivity index (χ2n) is 14.7. The maximum Gasteiger partial charge on any atom is 0.405 e. The van der Waals surface area contributed by atoms with E-state index in [1.54, 1.807) is 74.5 Å². The highest BCUT2D eigenvalue weighted by atomic mass is 16.4. The average molecular weight is 872 g/mol. The number of amides is 7. The monoisotopic (exact) mass is 871 g/mol. The zero-order valence-corrected chi connectivity index (χ0v) is 34.3. The van der Waals surface area contributed by atoms with Crippen LogP contribution >= 0.6 is 0 Å². The van der Waals surface area contributed by atoms with Crippen molar-refractivity contribution < 1.29 is 73.5 Å². The van der Waals surface area contributed by atoms with Gasteiger partial charge in [0, 0.05) is 12.8 Å². The van der Waals surface area contributed by atoms with Crippen molar-refractivity contribution in [2.75, 3.05) is 0 Å². The summed E-state index contributed by atoms with van der Waals surface area (Å²) in [6, 6.07) is 5.00. The Hall–Kier alpha value is -7.10. The highest BCUT2D eigenvalue weighted by Gasteiger charge is 2.36. The van der Waals surface area contributed by atoms with Gasteiger partial charge in [0.25, 0.3) is 0 Å². The van der Waals surface area contributed by atoms with Crippen molar-refractivity contribution in [3.05, 3.63) is 71.8 Å². The van der Waals surface area contributed by atoms with Crippen LogP contribution in [0.5, 0.6) is 0 Å². The number of rotatable bonds is 25. The minimum Gasteiger partial charge on any atom is -0.481 e. The molecule has 22 nitrogen and oxygen atoms in total. The van der Waals surface area contributed by atoms with Crippen molar-refractivity contribution in [3.63, 3.8) is 0 Å². The lowest BCUT2D eigenvalue weighted by atomic mass is 10.0. The van der Waals surface area contributed by atoms with Crippen LogP contribution in [0.1, 0.15) is 58.1 Å². The molecule has 12 N–H and O–H groups in total. The predicted octanol–water partition coefficient (Wildman–Crippen LogP) is -1.50. The SMILES string of the molecule is CC(C)C[C@H](NC(=O)[C@@H](NC(=O)[C@H](Cc1ccccc1)NC(=O)O)[C@@H](C)O)C(=O)N[C@@H](CC(=O)O)C(=O)N[C@@H](C)C(=O)N[C@@H](CC(=O)O)C(=O)N[C@@H](Cc1ccccc1)C(=O)O. The number of benzene rings is 2. The van der Waals surface area contributed by atoms with Crippen molar-refractivity contribution >= 4 is 59.4 Å².